The van der Waals surface area contributed by atoms with Crippen molar-refractivity contribution in [1.82, 2.24) is 31.2 Å². The molecule has 2 aromatic carbocycles. The quantitative estimate of drug-likeness (QED) is 0.0412. The van der Waals surface area contributed by atoms with E-state index in [0.717, 1.165) is 5.39 Å². The number of ketones is 1. The molecule has 0 spiro atoms. The molecular formula is C41H47N6O9PS2. The fourth-order valence-electron chi connectivity index (χ4n) is 6.32. The number of fused-ring (bicyclic) bond motifs is 1. The third-order valence-electron chi connectivity index (χ3n) is 9.67. The van der Waals surface area contributed by atoms with Gasteiger partial charge >= 0.3 is 7.82 Å². The average molecular weight is 863 g/mol. The highest BCUT2D eigenvalue weighted by atomic mass is 32.2. The minimum atomic E-state index is -5.40. The van der Waals surface area contributed by atoms with Crippen LogP contribution >= 0.6 is 31.3 Å². The molecule has 2 aromatic heterocycles. The number of nitrogens with zero attached hydrogens (tertiary/aromatic N) is 2. The average Bonchev–Trinajstić information content (AvgIpc) is 3.78. The summed E-state index contributed by atoms with van der Waals surface area (Å²) in [5.41, 5.74) is 1.29. The van der Waals surface area contributed by atoms with Crippen LogP contribution < -0.4 is 21.3 Å². The van der Waals surface area contributed by atoms with Crippen LogP contribution in [0.3, 0.4) is 0 Å². The van der Waals surface area contributed by atoms with E-state index in [1.807, 2.05) is 19.1 Å². The van der Waals surface area contributed by atoms with E-state index < -0.39 is 78.4 Å². The Morgan fingerprint density at radius 1 is 0.881 bits per heavy atom. The van der Waals surface area contributed by atoms with E-state index in [9.17, 15) is 38.3 Å². The van der Waals surface area contributed by atoms with Gasteiger partial charge in [0.1, 0.15) is 23.8 Å². The molecule has 1 fully saturated rings. The number of hydrogen-bond donors (Lipinski definition) is 6. The Morgan fingerprint density at radius 3 is 2.22 bits per heavy atom. The van der Waals surface area contributed by atoms with Gasteiger partial charge in [-0.15, -0.1) is 30.1 Å². The summed E-state index contributed by atoms with van der Waals surface area (Å²) in [5.74, 6) is -3.75. The molecule has 1 aliphatic heterocycles. The van der Waals surface area contributed by atoms with Crippen molar-refractivity contribution in [1.29, 1.82) is 0 Å². The van der Waals surface area contributed by atoms with E-state index in [-0.39, 0.29) is 23.7 Å². The zero-order chi connectivity index (χ0) is 42.5. The molecule has 15 nitrogen and oxygen atoms in total. The Balaban J connectivity index is 1.43. The van der Waals surface area contributed by atoms with E-state index in [1.54, 1.807) is 67.7 Å². The first-order chi connectivity index (χ1) is 28.3. The first-order valence-corrected chi connectivity index (χ1v) is 22.5. The number of phosphoric ester groups is 1. The van der Waals surface area contributed by atoms with Crippen LogP contribution in [0.4, 0.5) is 0 Å². The lowest BCUT2D eigenvalue weighted by molar-refractivity contribution is -0.132. The minimum absolute atomic E-state index is 0.0510. The number of phosphoric acid groups is 1. The van der Waals surface area contributed by atoms with Gasteiger partial charge in [-0.25, -0.2) is 9.55 Å². The molecule has 1 saturated heterocycles. The zero-order valence-corrected chi connectivity index (χ0v) is 35.0. The number of amides is 4. The topological polar surface area (TPSA) is 226 Å². The molecule has 1 aliphatic rings. The van der Waals surface area contributed by atoms with Crippen LogP contribution in [0, 0.1) is 11.8 Å². The molecule has 6 atom stereocenters. The molecule has 0 radical (unpaired) electrons. The molecule has 6 unspecified atom stereocenters. The molecular weight excluding hydrogens is 816 g/mol. The summed E-state index contributed by atoms with van der Waals surface area (Å²) in [4.78, 5) is 98.6. The highest BCUT2D eigenvalue weighted by Crippen LogP contribution is 2.40. The van der Waals surface area contributed by atoms with E-state index in [1.165, 1.54) is 47.8 Å². The normalized spacial score (nSPS) is 16.1. The predicted molar refractivity (Wildman–Crippen MR) is 227 cm³/mol. The highest BCUT2D eigenvalue weighted by Gasteiger charge is 2.42. The molecule has 4 aromatic rings. The molecule has 0 bridgehead atoms. The summed E-state index contributed by atoms with van der Waals surface area (Å²) in [6, 6.07) is 19.4. The number of nitrogens with one attached hydrogen (secondary N) is 4. The monoisotopic (exact) mass is 862 g/mol. The van der Waals surface area contributed by atoms with Crippen molar-refractivity contribution in [2.45, 2.75) is 62.0 Å². The summed E-state index contributed by atoms with van der Waals surface area (Å²) in [6.45, 7) is 7.50. The van der Waals surface area contributed by atoms with E-state index in [0.29, 0.717) is 29.1 Å². The second-order valence-electron chi connectivity index (χ2n) is 13.8. The van der Waals surface area contributed by atoms with Crippen molar-refractivity contribution in [2.24, 2.45) is 11.8 Å². The molecule has 59 heavy (non-hydrogen) atoms. The van der Waals surface area contributed by atoms with Gasteiger partial charge in [-0.3, -0.25) is 33.5 Å². The Hall–Kier alpha value is -4.90. The standard InChI is InChI=1S/C41H47N6O9PS2/c1-4-25(3)33(39(51)43-24-29-16-11-12-20-42-29)45-37(49)26(5-2)23-32(56-57(53,54)55)34(36(48)28-14-7-6-8-15-28)46-40(52)35(41-58-21-22-59-41)47-38(50)31-19-18-27-13-9-10-17-30(27)44-31/h5-20,25-26,32-35,41H,2,4,21-24H2,1,3H3,(H,43,51)(H,45,49)(H,46,52)(H,47,50)(H2,53,54,55). The number of hydrogen-bond acceptors (Lipinski definition) is 11. The number of thioether (sulfide) groups is 2. The van der Waals surface area contributed by atoms with Gasteiger partial charge in [0.25, 0.3) is 5.91 Å². The first kappa shape index (κ1) is 45.2. The Kier molecular flexibility index (Phi) is 16.4. The van der Waals surface area contributed by atoms with Crippen molar-refractivity contribution in [3.63, 3.8) is 0 Å². The molecule has 0 saturated carbocycles. The third-order valence-corrected chi connectivity index (χ3v) is 13.4. The van der Waals surface area contributed by atoms with Crippen LogP contribution in [-0.4, -0.2) is 89.5 Å². The number of benzene rings is 2. The number of pyridine rings is 2. The Bertz CT molecular complexity index is 2160. The molecule has 18 heteroatoms. The maximum Gasteiger partial charge on any atom is 0.469 e. The smallest absolute Gasteiger partial charge is 0.349 e. The zero-order valence-electron chi connectivity index (χ0n) is 32.4. The summed E-state index contributed by atoms with van der Waals surface area (Å²) < 4.78 is 17.3. The van der Waals surface area contributed by atoms with Crippen LogP contribution in [0.2, 0.25) is 0 Å². The number of rotatable bonds is 20. The van der Waals surface area contributed by atoms with Crippen molar-refractivity contribution in [3.8, 4) is 0 Å². The molecule has 3 heterocycles. The van der Waals surface area contributed by atoms with Gasteiger partial charge in [0.2, 0.25) is 17.7 Å². The van der Waals surface area contributed by atoms with Gasteiger partial charge in [-0.05, 0) is 36.6 Å². The van der Waals surface area contributed by atoms with E-state index in [2.05, 4.69) is 37.8 Å². The van der Waals surface area contributed by atoms with Crippen LogP contribution in [0.5, 0.6) is 0 Å². The van der Waals surface area contributed by atoms with Gasteiger partial charge in [0, 0.05) is 28.7 Å². The van der Waals surface area contributed by atoms with Gasteiger partial charge in [0.15, 0.2) is 5.78 Å². The Labute approximate surface area is 350 Å². The van der Waals surface area contributed by atoms with Crippen molar-refractivity contribution in [3.05, 3.63) is 121 Å². The lowest BCUT2D eigenvalue weighted by Crippen LogP contribution is -2.58. The lowest BCUT2D eigenvalue weighted by Gasteiger charge is -2.32. The summed E-state index contributed by atoms with van der Waals surface area (Å²) >= 11 is 2.85. The third kappa shape index (κ3) is 12.8. The van der Waals surface area contributed by atoms with Crippen LogP contribution in [0.15, 0.2) is 104 Å². The van der Waals surface area contributed by atoms with Crippen LogP contribution in [-0.2, 0) is 30.0 Å². The number of carbonyl (C=O) groups excluding carboxylic acids is 5. The van der Waals surface area contributed by atoms with E-state index >= 15 is 0 Å². The largest absolute Gasteiger partial charge is 0.469 e. The summed E-state index contributed by atoms with van der Waals surface area (Å²) in [5, 5.41) is 11.7. The van der Waals surface area contributed by atoms with E-state index in [4.69, 9.17) is 4.52 Å². The van der Waals surface area contributed by atoms with Crippen molar-refractivity contribution in [2.75, 3.05) is 11.5 Å². The maximum absolute atomic E-state index is 14.4. The number of Topliss-reactive ketones (excluding diaryl/α,β-unsaturated/α-hetero) is 1. The fraction of sp³-hybridized carbons (Fsp3) is 0.341. The molecule has 5 rings (SSSR count). The number of para-hydroxylation sites is 1. The second kappa shape index (κ2) is 21.4. The number of aromatic nitrogens is 2. The molecule has 6 N–H and O–H groups in total. The lowest BCUT2D eigenvalue weighted by atomic mass is 9.90. The summed E-state index contributed by atoms with van der Waals surface area (Å²) in [6.07, 6.45) is 0.935. The maximum atomic E-state index is 14.4. The van der Waals surface area contributed by atoms with Crippen LogP contribution in [0.1, 0.15) is 53.2 Å². The number of carbonyl (C=O) groups is 5. The second-order valence-corrected chi connectivity index (χ2v) is 17.8. The molecule has 4 amide bonds. The summed E-state index contributed by atoms with van der Waals surface area (Å²) in [7, 11) is -5.40. The van der Waals surface area contributed by atoms with Gasteiger partial charge in [0.05, 0.1) is 34.4 Å². The van der Waals surface area contributed by atoms with Crippen molar-refractivity contribution >= 4 is 71.7 Å². The molecule has 312 valence electrons. The van der Waals surface area contributed by atoms with Crippen LogP contribution in [0.25, 0.3) is 10.9 Å². The van der Waals surface area contributed by atoms with Gasteiger partial charge in [-0.2, -0.15) is 0 Å². The van der Waals surface area contributed by atoms with Crippen molar-refractivity contribution < 1.29 is 42.8 Å². The molecule has 0 aliphatic carbocycles. The fourth-order valence-corrected chi connectivity index (χ4v) is 9.84. The van der Waals surface area contributed by atoms with Gasteiger partial charge < -0.3 is 31.1 Å². The highest BCUT2D eigenvalue weighted by molar-refractivity contribution is 8.20. The Morgan fingerprint density at radius 2 is 1.56 bits per heavy atom. The predicted octanol–water partition coefficient (Wildman–Crippen LogP) is 4.42. The minimum Gasteiger partial charge on any atom is -0.349 e. The SMILES string of the molecule is C=CC(CC(OP(=O)(O)O)C(NC(=O)C(NC(=O)c1ccc2ccccc2n1)C1SCCS1)C(=O)c1ccccc1)C(=O)NC(C(=O)NCc1ccccn1)C(C)CC. The van der Waals surface area contributed by atoms with Gasteiger partial charge in [-0.1, -0.05) is 87.0 Å². The first-order valence-electron chi connectivity index (χ1n) is 18.9.